The Kier molecular flexibility index (Phi) is 5.19. The highest BCUT2D eigenvalue weighted by atomic mass is 19.4. The molecule has 4 rings (SSSR count). The van der Waals surface area contributed by atoms with Gasteiger partial charge in [0.2, 0.25) is 0 Å². The molecule has 0 aliphatic carbocycles. The molecule has 9 heteroatoms. The molecule has 1 atom stereocenters. The standard InChI is InChI=1S/C21H19F3N4O2/c1-30-18-13-28(15-7-4-6-14(12-15)21(22,23)24)26-19(18)20(29)27-11-5-9-17(27)16-8-2-3-10-25-16/h2-4,6-8,10,12-13,17H,5,9,11H2,1H3. The molecule has 0 radical (unpaired) electrons. The van der Waals surface area contributed by atoms with E-state index in [1.807, 2.05) is 18.2 Å². The Balaban J connectivity index is 1.67. The van der Waals surface area contributed by atoms with Crippen molar-refractivity contribution in [3.8, 4) is 11.4 Å². The smallest absolute Gasteiger partial charge is 0.416 e. The van der Waals surface area contributed by atoms with E-state index in [2.05, 4.69) is 10.1 Å². The zero-order chi connectivity index (χ0) is 21.3. The number of hydrogen-bond acceptors (Lipinski definition) is 4. The van der Waals surface area contributed by atoms with Crippen LogP contribution in [0.5, 0.6) is 5.75 Å². The predicted octanol–water partition coefficient (Wildman–Crippen LogP) is 4.27. The van der Waals surface area contributed by atoms with E-state index in [4.69, 9.17) is 4.74 Å². The molecule has 1 amide bonds. The molecule has 1 fully saturated rings. The van der Waals surface area contributed by atoms with Crippen LogP contribution in [0.1, 0.15) is 40.6 Å². The number of carbonyl (C=O) groups excluding carboxylic acids is 1. The summed E-state index contributed by atoms with van der Waals surface area (Å²) < 4.78 is 45.7. The summed E-state index contributed by atoms with van der Waals surface area (Å²) in [7, 11) is 1.39. The van der Waals surface area contributed by atoms with E-state index in [-0.39, 0.29) is 29.1 Å². The van der Waals surface area contributed by atoms with Gasteiger partial charge in [0.05, 0.1) is 36.3 Å². The summed E-state index contributed by atoms with van der Waals surface area (Å²) in [4.78, 5) is 19.3. The number of carbonyl (C=O) groups is 1. The molecule has 0 spiro atoms. The Morgan fingerprint density at radius 1 is 1.20 bits per heavy atom. The van der Waals surface area contributed by atoms with Gasteiger partial charge < -0.3 is 9.64 Å². The molecule has 1 aromatic carbocycles. The minimum absolute atomic E-state index is 0.0535. The van der Waals surface area contributed by atoms with Crippen molar-refractivity contribution in [1.82, 2.24) is 19.7 Å². The predicted molar refractivity (Wildman–Crippen MR) is 102 cm³/mol. The summed E-state index contributed by atoms with van der Waals surface area (Å²) in [5, 5.41) is 4.26. The highest BCUT2D eigenvalue weighted by molar-refractivity contribution is 5.95. The second-order valence-electron chi connectivity index (χ2n) is 6.95. The summed E-state index contributed by atoms with van der Waals surface area (Å²) in [6.45, 7) is 0.541. The normalized spacial score (nSPS) is 16.7. The van der Waals surface area contributed by atoms with Crippen molar-refractivity contribution in [3.05, 3.63) is 71.8 Å². The van der Waals surface area contributed by atoms with E-state index in [0.29, 0.717) is 6.54 Å². The van der Waals surface area contributed by atoms with E-state index in [1.165, 1.54) is 30.1 Å². The van der Waals surface area contributed by atoms with Crippen LogP contribution in [0.25, 0.3) is 5.69 Å². The van der Waals surface area contributed by atoms with Gasteiger partial charge in [-0.15, -0.1) is 0 Å². The van der Waals surface area contributed by atoms with Crippen molar-refractivity contribution >= 4 is 5.91 Å². The first kappa shape index (κ1) is 19.9. The highest BCUT2D eigenvalue weighted by Gasteiger charge is 2.35. The molecule has 0 N–H and O–H groups in total. The van der Waals surface area contributed by atoms with Crippen LogP contribution in [-0.2, 0) is 6.18 Å². The highest BCUT2D eigenvalue weighted by Crippen LogP contribution is 2.34. The van der Waals surface area contributed by atoms with Gasteiger partial charge in [-0.05, 0) is 43.2 Å². The molecule has 6 nitrogen and oxygen atoms in total. The summed E-state index contributed by atoms with van der Waals surface area (Å²) in [6.07, 6.45) is 0.216. The molecule has 1 aliphatic heterocycles. The summed E-state index contributed by atoms with van der Waals surface area (Å²) in [6, 6.07) is 10.1. The van der Waals surface area contributed by atoms with E-state index in [0.717, 1.165) is 30.7 Å². The maximum atomic E-state index is 13.2. The van der Waals surface area contributed by atoms with Crippen LogP contribution < -0.4 is 4.74 Å². The molecule has 2 aromatic heterocycles. The topological polar surface area (TPSA) is 60.3 Å². The van der Waals surface area contributed by atoms with Crippen molar-refractivity contribution in [2.75, 3.05) is 13.7 Å². The molecule has 1 aliphatic rings. The number of halogens is 3. The van der Waals surface area contributed by atoms with E-state index < -0.39 is 11.7 Å². The maximum absolute atomic E-state index is 13.2. The van der Waals surface area contributed by atoms with Gasteiger partial charge in [0, 0.05) is 12.7 Å². The van der Waals surface area contributed by atoms with Gasteiger partial charge >= 0.3 is 6.18 Å². The molecular formula is C21H19F3N4O2. The van der Waals surface area contributed by atoms with Crippen molar-refractivity contribution in [1.29, 1.82) is 0 Å². The van der Waals surface area contributed by atoms with Crippen LogP contribution in [-0.4, -0.2) is 39.2 Å². The van der Waals surface area contributed by atoms with Gasteiger partial charge in [-0.3, -0.25) is 9.78 Å². The van der Waals surface area contributed by atoms with Crippen LogP contribution in [0.2, 0.25) is 0 Å². The third kappa shape index (κ3) is 3.74. The first-order valence-electron chi connectivity index (χ1n) is 9.41. The van der Waals surface area contributed by atoms with Crippen LogP contribution in [0.3, 0.4) is 0 Å². The number of rotatable bonds is 4. The average molecular weight is 416 g/mol. The van der Waals surface area contributed by atoms with Gasteiger partial charge in [0.1, 0.15) is 0 Å². The fraction of sp³-hybridized carbons (Fsp3) is 0.286. The van der Waals surface area contributed by atoms with Crippen molar-refractivity contribution in [3.63, 3.8) is 0 Å². The number of hydrogen-bond donors (Lipinski definition) is 0. The number of amides is 1. The lowest BCUT2D eigenvalue weighted by atomic mass is 10.1. The molecule has 1 saturated heterocycles. The molecule has 0 saturated carbocycles. The van der Waals surface area contributed by atoms with Gasteiger partial charge in [0.25, 0.3) is 5.91 Å². The maximum Gasteiger partial charge on any atom is 0.416 e. The number of likely N-dealkylation sites (tertiary alicyclic amines) is 1. The quantitative estimate of drug-likeness (QED) is 0.637. The summed E-state index contributed by atoms with van der Waals surface area (Å²) in [5.41, 5.74) is 0.236. The van der Waals surface area contributed by atoms with E-state index in [1.54, 1.807) is 11.1 Å². The number of aromatic nitrogens is 3. The second-order valence-corrected chi connectivity index (χ2v) is 6.95. The van der Waals surface area contributed by atoms with E-state index >= 15 is 0 Å². The third-order valence-electron chi connectivity index (χ3n) is 5.08. The number of alkyl halides is 3. The average Bonchev–Trinajstić information content (AvgIpc) is 3.41. The Labute approximate surface area is 170 Å². The second kappa shape index (κ2) is 7.81. The Morgan fingerprint density at radius 3 is 2.73 bits per heavy atom. The first-order chi connectivity index (χ1) is 14.4. The Bertz CT molecular complexity index is 1050. The molecule has 1 unspecified atom stereocenters. The van der Waals surface area contributed by atoms with Crippen molar-refractivity contribution in [2.24, 2.45) is 0 Å². The number of nitrogens with zero attached hydrogens (tertiary/aromatic N) is 4. The van der Waals surface area contributed by atoms with Crippen LogP contribution >= 0.6 is 0 Å². The number of benzene rings is 1. The zero-order valence-corrected chi connectivity index (χ0v) is 16.1. The molecule has 0 bridgehead atoms. The van der Waals surface area contributed by atoms with Gasteiger partial charge in [-0.2, -0.15) is 18.3 Å². The van der Waals surface area contributed by atoms with Crippen LogP contribution in [0, 0.1) is 0 Å². The Morgan fingerprint density at radius 2 is 2.03 bits per heavy atom. The van der Waals surface area contributed by atoms with Gasteiger partial charge in [-0.1, -0.05) is 12.1 Å². The van der Waals surface area contributed by atoms with Gasteiger partial charge in [0.15, 0.2) is 11.4 Å². The van der Waals surface area contributed by atoms with Crippen molar-refractivity contribution < 1.29 is 22.7 Å². The first-order valence-corrected chi connectivity index (χ1v) is 9.41. The SMILES string of the molecule is COc1cn(-c2cccc(C(F)(F)F)c2)nc1C(=O)N1CCCC1c1ccccn1. The molecular weight excluding hydrogens is 397 g/mol. The molecule has 30 heavy (non-hydrogen) atoms. The minimum atomic E-state index is -4.47. The summed E-state index contributed by atoms with van der Waals surface area (Å²) in [5.74, 6) is -0.144. The number of methoxy groups -OCH3 is 1. The molecule has 156 valence electrons. The Hall–Kier alpha value is -3.36. The molecule has 3 heterocycles. The van der Waals surface area contributed by atoms with Crippen LogP contribution in [0.4, 0.5) is 13.2 Å². The fourth-order valence-electron chi connectivity index (χ4n) is 3.64. The lowest BCUT2D eigenvalue weighted by Crippen LogP contribution is -2.31. The van der Waals surface area contributed by atoms with Crippen LogP contribution in [0.15, 0.2) is 54.9 Å². The third-order valence-corrected chi connectivity index (χ3v) is 5.08. The lowest BCUT2D eigenvalue weighted by molar-refractivity contribution is -0.137. The summed E-state index contributed by atoms with van der Waals surface area (Å²) >= 11 is 0. The minimum Gasteiger partial charge on any atom is -0.493 e. The molecule has 3 aromatic rings. The zero-order valence-electron chi connectivity index (χ0n) is 16.1. The fourth-order valence-corrected chi connectivity index (χ4v) is 3.64. The monoisotopic (exact) mass is 416 g/mol. The largest absolute Gasteiger partial charge is 0.493 e. The number of ether oxygens (including phenoxy) is 1. The van der Waals surface area contributed by atoms with Gasteiger partial charge in [-0.25, -0.2) is 4.68 Å². The number of pyridine rings is 1. The van der Waals surface area contributed by atoms with E-state index in [9.17, 15) is 18.0 Å². The lowest BCUT2D eigenvalue weighted by Gasteiger charge is -2.23. The van der Waals surface area contributed by atoms with Crippen molar-refractivity contribution in [2.45, 2.75) is 25.1 Å².